The van der Waals surface area contributed by atoms with Crippen molar-refractivity contribution in [3.63, 3.8) is 0 Å². The lowest BCUT2D eigenvalue weighted by Gasteiger charge is -2.14. The van der Waals surface area contributed by atoms with Gasteiger partial charge in [0.1, 0.15) is 5.82 Å². The first-order valence-electron chi connectivity index (χ1n) is 10.2. The van der Waals surface area contributed by atoms with Gasteiger partial charge in [0, 0.05) is 24.8 Å². The van der Waals surface area contributed by atoms with E-state index >= 15 is 0 Å². The second kappa shape index (κ2) is 8.66. The zero-order chi connectivity index (χ0) is 22.8. The van der Waals surface area contributed by atoms with Crippen LogP contribution in [0.25, 0.3) is 22.0 Å². The highest BCUT2D eigenvalue weighted by molar-refractivity contribution is 5.81. The molecule has 7 nitrogen and oxygen atoms in total. The number of rotatable bonds is 6. The fourth-order valence-corrected chi connectivity index (χ4v) is 3.67. The zero-order valence-corrected chi connectivity index (χ0v) is 17.7. The van der Waals surface area contributed by atoms with Gasteiger partial charge in [-0.15, -0.1) is 0 Å². The highest BCUT2D eigenvalue weighted by atomic mass is 19.1. The van der Waals surface area contributed by atoms with E-state index in [0.29, 0.717) is 5.92 Å². The van der Waals surface area contributed by atoms with Crippen LogP contribution in [0.15, 0.2) is 65.8 Å². The van der Waals surface area contributed by atoms with Gasteiger partial charge in [0.15, 0.2) is 5.75 Å². The maximum Gasteiger partial charge on any atom is 0.511 e. The van der Waals surface area contributed by atoms with Gasteiger partial charge in [-0.2, -0.15) is 5.10 Å². The summed E-state index contributed by atoms with van der Waals surface area (Å²) < 4.78 is 22.6. The van der Waals surface area contributed by atoms with Crippen LogP contribution in [0.4, 0.5) is 9.18 Å². The summed E-state index contributed by atoms with van der Waals surface area (Å²) in [5.41, 5.74) is 2.25. The number of pyridine rings is 1. The Balaban J connectivity index is 1.67. The van der Waals surface area contributed by atoms with Crippen LogP contribution < -0.4 is 10.2 Å². The van der Waals surface area contributed by atoms with E-state index in [9.17, 15) is 14.0 Å². The monoisotopic (exact) mass is 435 g/mol. The summed E-state index contributed by atoms with van der Waals surface area (Å²) in [5.74, 6) is -0.451. The number of carboxylic acid groups (broad SMARTS) is 1. The number of para-hydroxylation sites is 1. The van der Waals surface area contributed by atoms with Gasteiger partial charge in [0.2, 0.25) is 5.43 Å². The Kier molecular flexibility index (Phi) is 5.77. The molecule has 164 valence electrons. The van der Waals surface area contributed by atoms with Crippen molar-refractivity contribution < 1.29 is 19.0 Å². The summed E-state index contributed by atoms with van der Waals surface area (Å²) >= 11 is 0. The van der Waals surface area contributed by atoms with Gasteiger partial charge in [-0.25, -0.2) is 9.18 Å². The third-order valence-electron chi connectivity index (χ3n) is 5.04. The molecule has 4 aromatic rings. The molecular formula is C24H22FN3O4. The summed E-state index contributed by atoms with van der Waals surface area (Å²) in [6.07, 6.45) is 3.44. The SMILES string of the molecule is CC(C)Cn1cc(-c2ccc(Cn3cc(OC(=O)O)c(=O)c4cccc(F)c43)cc2)cn1. The molecule has 2 aromatic carbocycles. The molecule has 2 heterocycles. The van der Waals surface area contributed by atoms with Crippen LogP contribution in [-0.2, 0) is 13.1 Å². The molecule has 8 heteroatoms. The van der Waals surface area contributed by atoms with Gasteiger partial charge >= 0.3 is 6.16 Å². The second-order valence-electron chi connectivity index (χ2n) is 8.00. The summed E-state index contributed by atoms with van der Waals surface area (Å²) in [4.78, 5) is 23.5. The minimum absolute atomic E-state index is 0.0536. The van der Waals surface area contributed by atoms with Crippen molar-refractivity contribution in [1.82, 2.24) is 14.3 Å². The maximum absolute atomic E-state index is 14.6. The second-order valence-corrected chi connectivity index (χ2v) is 8.00. The Hall–Kier alpha value is -3.94. The molecule has 32 heavy (non-hydrogen) atoms. The van der Waals surface area contributed by atoms with Crippen LogP contribution in [0, 0.1) is 11.7 Å². The van der Waals surface area contributed by atoms with E-state index in [4.69, 9.17) is 5.11 Å². The van der Waals surface area contributed by atoms with E-state index in [1.807, 2.05) is 41.3 Å². The molecule has 4 rings (SSSR count). The quantitative estimate of drug-likeness (QED) is 0.441. The summed E-state index contributed by atoms with van der Waals surface area (Å²) in [6.45, 7) is 5.32. The molecule has 0 aliphatic heterocycles. The van der Waals surface area contributed by atoms with Crippen molar-refractivity contribution >= 4 is 17.1 Å². The number of hydrogen-bond acceptors (Lipinski definition) is 4. The van der Waals surface area contributed by atoms with Gasteiger partial charge in [0.05, 0.1) is 23.3 Å². The van der Waals surface area contributed by atoms with Crippen LogP contribution in [0.1, 0.15) is 19.4 Å². The zero-order valence-electron chi connectivity index (χ0n) is 17.7. The van der Waals surface area contributed by atoms with Crippen LogP contribution in [0.5, 0.6) is 5.75 Å². The Bertz CT molecular complexity index is 1340. The molecule has 0 fully saturated rings. The highest BCUT2D eigenvalue weighted by Crippen LogP contribution is 2.23. The molecule has 0 amide bonds. The molecule has 0 atom stereocenters. The van der Waals surface area contributed by atoms with Crippen molar-refractivity contribution in [2.75, 3.05) is 0 Å². The molecule has 1 N–H and O–H groups in total. The molecule has 0 unspecified atom stereocenters. The Morgan fingerprint density at radius 1 is 1.12 bits per heavy atom. The van der Waals surface area contributed by atoms with Gasteiger partial charge in [0.25, 0.3) is 0 Å². The van der Waals surface area contributed by atoms with E-state index in [1.54, 1.807) is 0 Å². The maximum atomic E-state index is 14.6. The molecule has 0 saturated heterocycles. The van der Waals surface area contributed by atoms with Crippen molar-refractivity contribution in [3.8, 4) is 16.9 Å². The van der Waals surface area contributed by atoms with Crippen LogP contribution in [-0.4, -0.2) is 25.6 Å². The predicted molar refractivity (Wildman–Crippen MR) is 118 cm³/mol. The summed E-state index contributed by atoms with van der Waals surface area (Å²) in [7, 11) is 0. The van der Waals surface area contributed by atoms with Crippen molar-refractivity contribution in [2.45, 2.75) is 26.9 Å². The Morgan fingerprint density at radius 2 is 1.88 bits per heavy atom. The third-order valence-corrected chi connectivity index (χ3v) is 5.04. The summed E-state index contributed by atoms with van der Waals surface area (Å²) in [6, 6.07) is 11.8. The number of ether oxygens (including phenoxy) is 1. The first kappa shape index (κ1) is 21.3. The lowest BCUT2D eigenvalue weighted by Crippen LogP contribution is -2.17. The van der Waals surface area contributed by atoms with Crippen molar-refractivity contribution in [3.05, 3.63) is 82.7 Å². The number of fused-ring (bicyclic) bond motifs is 1. The van der Waals surface area contributed by atoms with Gasteiger partial charge in [-0.1, -0.05) is 44.2 Å². The van der Waals surface area contributed by atoms with Gasteiger partial charge in [-0.3, -0.25) is 9.48 Å². The lowest BCUT2D eigenvalue weighted by molar-refractivity contribution is 0.144. The number of hydrogen-bond donors (Lipinski definition) is 1. The fourth-order valence-electron chi connectivity index (χ4n) is 3.67. The Labute approximate surface area is 183 Å². The Morgan fingerprint density at radius 3 is 2.56 bits per heavy atom. The largest absolute Gasteiger partial charge is 0.511 e. The topological polar surface area (TPSA) is 86.4 Å². The van der Waals surface area contributed by atoms with E-state index in [2.05, 4.69) is 23.7 Å². The number of halogens is 1. The van der Waals surface area contributed by atoms with Crippen molar-refractivity contribution in [2.24, 2.45) is 5.92 Å². The standard InChI is InChI=1S/C24H22FN3O4/c1-15(2)11-28-13-18(10-26-28)17-8-6-16(7-9-17)12-27-14-21(32-24(30)31)23(29)19-4-3-5-20(25)22(19)27/h3-10,13-15H,11-12H2,1-2H3,(H,30,31). The number of aromatic nitrogens is 3. The molecule has 0 aliphatic rings. The highest BCUT2D eigenvalue weighted by Gasteiger charge is 2.16. The minimum atomic E-state index is -1.60. The molecule has 0 aliphatic carbocycles. The average molecular weight is 435 g/mol. The van der Waals surface area contributed by atoms with E-state index in [0.717, 1.165) is 23.2 Å². The average Bonchev–Trinajstić information content (AvgIpc) is 3.19. The van der Waals surface area contributed by atoms with Gasteiger partial charge in [-0.05, 0) is 29.2 Å². The fraction of sp³-hybridized carbons (Fsp3) is 0.208. The first-order valence-corrected chi connectivity index (χ1v) is 10.2. The number of nitrogens with zero attached hydrogens (tertiary/aromatic N) is 3. The first-order chi connectivity index (χ1) is 15.3. The minimum Gasteiger partial charge on any atom is -0.449 e. The van der Waals surface area contributed by atoms with E-state index in [1.165, 1.54) is 29.0 Å². The summed E-state index contributed by atoms with van der Waals surface area (Å²) in [5, 5.41) is 13.4. The molecule has 2 aromatic heterocycles. The third kappa shape index (κ3) is 4.39. The molecule has 0 bridgehead atoms. The van der Waals surface area contributed by atoms with Crippen LogP contribution in [0.2, 0.25) is 0 Å². The number of carbonyl (C=O) groups is 1. The van der Waals surface area contributed by atoms with E-state index in [-0.39, 0.29) is 23.2 Å². The van der Waals surface area contributed by atoms with Crippen molar-refractivity contribution in [1.29, 1.82) is 0 Å². The van der Waals surface area contributed by atoms with Crippen LogP contribution in [0.3, 0.4) is 0 Å². The predicted octanol–water partition coefficient (Wildman–Crippen LogP) is 4.77. The normalized spacial score (nSPS) is 11.2. The lowest BCUT2D eigenvalue weighted by atomic mass is 10.1. The molecule has 0 radical (unpaired) electrons. The number of benzene rings is 2. The van der Waals surface area contributed by atoms with Gasteiger partial charge < -0.3 is 14.4 Å². The molecular weight excluding hydrogens is 413 g/mol. The smallest absolute Gasteiger partial charge is 0.449 e. The molecule has 0 spiro atoms. The van der Waals surface area contributed by atoms with E-state index < -0.39 is 17.4 Å². The molecule has 0 saturated carbocycles. The van der Waals surface area contributed by atoms with Crippen LogP contribution >= 0.6 is 0 Å².